The first-order chi connectivity index (χ1) is 14.8. The molecule has 0 spiro atoms. The maximum atomic E-state index is 13.1. The highest BCUT2D eigenvalue weighted by molar-refractivity contribution is 6.36. The molecule has 2 saturated heterocycles. The lowest BCUT2D eigenvalue weighted by atomic mass is 10.1. The number of likely N-dealkylation sites (tertiary alicyclic amines) is 2. The second kappa shape index (κ2) is 10.7. The third-order valence-electron chi connectivity index (χ3n) is 5.25. The third-order valence-corrected chi connectivity index (χ3v) is 5.80. The summed E-state index contributed by atoms with van der Waals surface area (Å²) in [5.74, 6) is -0.294. The molecular formula is C20H26Cl2N6O3. The van der Waals surface area contributed by atoms with Gasteiger partial charge in [0, 0.05) is 24.7 Å². The molecule has 1 aromatic rings. The molecule has 11 heteroatoms. The number of rotatable bonds is 4. The molecule has 0 unspecified atom stereocenters. The van der Waals surface area contributed by atoms with Crippen LogP contribution >= 0.6 is 23.2 Å². The van der Waals surface area contributed by atoms with Crippen molar-refractivity contribution in [2.45, 2.75) is 38.1 Å². The van der Waals surface area contributed by atoms with Crippen LogP contribution in [0.2, 0.25) is 10.0 Å². The Morgan fingerprint density at radius 2 is 1.84 bits per heavy atom. The zero-order valence-electron chi connectivity index (χ0n) is 17.1. The number of carbonyl (C=O) groups excluding carboxylic acids is 3. The number of aliphatic imine (C=N–C) groups is 1. The molecule has 2 fully saturated rings. The Morgan fingerprint density at radius 1 is 1.13 bits per heavy atom. The number of nitrogens with two attached hydrogens (primary N) is 1. The molecule has 2 heterocycles. The monoisotopic (exact) mass is 468 g/mol. The van der Waals surface area contributed by atoms with Gasteiger partial charge in [0.1, 0.15) is 6.04 Å². The average Bonchev–Trinajstić information content (AvgIpc) is 3.19. The van der Waals surface area contributed by atoms with Crippen LogP contribution in [-0.2, 0) is 9.59 Å². The molecule has 1 atom stereocenters. The fourth-order valence-electron chi connectivity index (χ4n) is 3.68. The third kappa shape index (κ3) is 6.48. The summed E-state index contributed by atoms with van der Waals surface area (Å²) in [6.07, 6.45) is 4.02. The summed E-state index contributed by atoms with van der Waals surface area (Å²) in [4.78, 5) is 44.9. The highest BCUT2D eigenvalue weighted by Crippen LogP contribution is 2.25. The maximum Gasteiger partial charge on any atom is 0.318 e. The number of benzene rings is 1. The van der Waals surface area contributed by atoms with Crippen LogP contribution in [0.5, 0.6) is 0 Å². The topological polar surface area (TPSA) is 120 Å². The van der Waals surface area contributed by atoms with Crippen molar-refractivity contribution in [1.82, 2.24) is 15.1 Å². The van der Waals surface area contributed by atoms with Gasteiger partial charge >= 0.3 is 6.03 Å². The predicted octanol–water partition coefficient (Wildman–Crippen LogP) is 2.43. The van der Waals surface area contributed by atoms with Gasteiger partial charge in [-0.3, -0.25) is 14.9 Å². The highest BCUT2D eigenvalue weighted by Gasteiger charge is 2.30. The standard InChI is InChI=1S/C20H26Cl2N6O3/c21-13-6-7-15(14(22)11-13)24-20(26-19(23)31)25-16-5-1-2-10-28(18(16)30)12-17(29)27-8-3-4-9-27/h6-7,11,16H,1-5,8-10,12H2,(H4,23,24,25,26,31)/t16-/m0/s1. The average molecular weight is 469 g/mol. The van der Waals surface area contributed by atoms with E-state index < -0.39 is 12.1 Å². The number of primary amides is 1. The van der Waals surface area contributed by atoms with Crippen molar-refractivity contribution in [3.8, 4) is 0 Å². The number of guanidine groups is 1. The van der Waals surface area contributed by atoms with Crippen molar-refractivity contribution >= 4 is 52.7 Å². The second-order valence-corrected chi connectivity index (χ2v) is 8.42. The van der Waals surface area contributed by atoms with Crippen LogP contribution in [-0.4, -0.2) is 65.8 Å². The van der Waals surface area contributed by atoms with Gasteiger partial charge in [-0.05, 0) is 50.3 Å². The minimum absolute atomic E-state index is 0.00259. The molecule has 3 rings (SSSR count). The zero-order chi connectivity index (χ0) is 22.4. The molecule has 168 valence electrons. The van der Waals surface area contributed by atoms with Crippen molar-refractivity contribution in [3.63, 3.8) is 0 Å². The van der Waals surface area contributed by atoms with E-state index in [-0.39, 0.29) is 24.3 Å². The fraction of sp³-hybridized carbons (Fsp3) is 0.500. The molecule has 0 bridgehead atoms. The molecule has 4 amide bonds. The molecule has 4 N–H and O–H groups in total. The summed E-state index contributed by atoms with van der Waals surface area (Å²) in [5.41, 5.74) is 5.72. The molecule has 1 aromatic carbocycles. The number of hydrogen-bond donors (Lipinski definition) is 3. The number of anilines is 1. The molecule has 0 aliphatic carbocycles. The van der Waals surface area contributed by atoms with Gasteiger partial charge in [0.15, 0.2) is 0 Å². The van der Waals surface area contributed by atoms with Gasteiger partial charge < -0.3 is 20.9 Å². The van der Waals surface area contributed by atoms with Crippen molar-refractivity contribution in [1.29, 1.82) is 0 Å². The number of halogens is 2. The van der Waals surface area contributed by atoms with E-state index in [0.717, 1.165) is 38.8 Å². The minimum Gasteiger partial charge on any atom is -0.351 e. The number of nitrogens with zero attached hydrogens (tertiary/aromatic N) is 3. The second-order valence-electron chi connectivity index (χ2n) is 7.58. The maximum absolute atomic E-state index is 13.1. The summed E-state index contributed by atoms with van der Waals surface area (Å²) >= 11 is 12.1. The van der Waals surface area contributed by atoms with Crippen LogP contribution in [0.4, 0.5) is 10.5 Å². The van der Waals surface area contributed by atoms with Crippen LogP contribution < -0.4 is 16.4 Å². The fourth-order valence-corrected chi connectivity index (χ4v) is 4.13. The first kappa shape index (κ1) is 23.1. The van der Waals surface area contributed by atoms with Gasteiger partial charge in [-0.1, -0.05) is 23.2 Å². The Kier molecular flexibility index (Phi) is 7.97. The van der Waals surface area contributed by atoms with E-state index in [2.05, 4.69) is 15.6 Å². The number of nitrogens with one attached hydrogen (secondary N) is 2. The molecule has 2 aliphatic heterocycles. The Balaban J connectivity index is 1.77. The van der Waals surface area contributed by atoms with Gasteiger partial charge in [-0.2, -0.15) is 0 Å². The molecule has 2 aliphatic rings. The number of hydrogen-bond acceptors (Lipinski definition) is 4. The van der Waals surface area contributed by atoms with Crippen LogP contribution in [0.3, 0.4) is 0 Å². The van der Waals surface area contributed by atoms with Gasteiger partial charge in [0.2, 0.25) is 17.8 Å². The smallest absolute Gasteiger partial charge is 0.318 e. The number of urea groups is 1. The van der Waals surface area contributed by atoms with Crippen molar-refractivity contribution in [2.24, 2.45) is 10.7 Å². The van der Waals surface area contributed by atoms with Crippen molar-refractivity contribution in [3.05, 3.63) is 28.2 Å². The summed E-state index contributed by atoms with van der Waals surface area (Å²) < 4.78 is 0. The molecule has 31 heavy (non-hydrogen) atoms. The summed E-state index contributed by atoms with van der Waals surface area (Å²) in [6.45, 7) is 2.02. The van der Waals surface area contributed by atoms with E-state index >= 15 is 0 Å². The Bertz CT molecular complexity index is 872. The molecule has 9 nitrogen and oxygen atoms in total. The first-order valence-corrected chi connectivity index (χ1v) is 11.0. The molecule has 0 radical (unpaired) electrons. The molecule has 0 saturated carbocycles. The lowest BCUT2D eigenvalue weighted by Gasteiger charge is -2.25. The van der Waals surface area contributed by atoms with E-state index in [4.69, 9.17) is 28.9 Å². The Labute approximate surface area is 190 Å². The summed E-state index contributed by atoms with van der Waals surface area (Å²) in [7, 11) is 0. The van der Waals surface area contributed by atoms with Crippen LogP contribution in [0, 0.1) is 0 Å². The Morgan fingerprint density at radius 3 is 2.52 bits per heavy atom. The lowest BCUT2D eigenvalue weighted by molar-refractivity contribution is -0.140. The van der Waals surface area contributed by atoms with E-state index in [1.807, 2.05) is 0 Å². The molecular weight excluding hydrogens is 443 g/mol. The minimum atomic E-state index is -0.835. The normalized spacial score (nSPS) is 19.9. The van der Waals surface area contributed by atoms with Gasteiger partial charge in [0.05, 0.1) is 17.3 Å². The predicted molar refractivity (Wildman–Crippen MR) is 120 cm³/mol. The summed E-state index contributed by atoms with van der Waals surface area (Å²) in [5, 5.41) is 6.06. The first-order valence-electron chi connectivity index (χ1n) is 10.3. The number of amides is 4. The highest BCUT2D eigenvalue weighted by atomic mass is 35.5. The van der Waals surface area contributed by atoms with E-state index in [1.54, 1.807) is 21.9 Å². The van der Waals surface area contributed by atoms with Gasteiger partial charge in [-0.25, -0.2) is 9.79 Å². The Hall–Kier alpha value is -2.52. The van der Waals surface area contributed by atoms with Crippen LogP contribution in [0.15, 0.2) is 23.2 Å². The van der Waals surface area contributed by atoms with Gasteiger partial charge in [0.25, 0.3) is 0 Å². The van der Waals surface area contributed by atoms with Gasteiger partial charge in [-0.15, -0.1) is 0 Å². The van der Waals surface area contributed by atoms with E-state index in [9.17, 15) is 14.4 Å². The SMILES string of the molecule is NC(=O)NC(=N[C@H]1CCCCN(CC(=O)N2CCCC2)C1=O)Nc1ccc(Cl)cc1Cl. The van der Waals surface area contributed by atoms with Crippen LogP contribution in [0.1, 0.15) is 32.1 Å². The lowest BCUT2D eigenvalue weighted by Crippen LogP contribution is -2.46. The van der Waals surface area contributed by atoms with Crippen molar-refractivity contribution < 1.29 is 14.4 Å². The quantitative estimate of drug-likeness (QED) is 0.463. The zero-order valence-corrected chi connectivity index (χ0v) is 18.6. The number of carbonyl (C=O) groups is 3. The van der Waals surface area contributed by atoms with Crippen LogP contribution in [0.25, 0.3) is 0 Å². The van der Waals surface area contributed by atoms with E-state index in [1.165, 1.54) is 6.07 Å². The molecule has 0 aromatic heterocycles. The summed E-state index contributed by atoms with van der Waals surface area (Å²) in [6, 6.07) is 3.20. The van der Waals surface area contributed by atoms with Crippen molar-refractivity contribution in [2.75, 3.05) is 31.5 Å². The largest absolute Gasteiger partial charge is 0.351 e. The van der Waals surface area contributed by atoms with E-state index in [0.29, 0.717) is 28.7 Å².